The molecule has 0 atom stereocenters. The van der Waals surface area contributed by atoms with E-state index in [2.05, 4.69) is 5.10 Å². The van der Waals surface area contributed by atoms with Crippen molar-refractivity contribution in [2.45, 2.75) is 38.8 Å². The second-order valence-electron chi connectivity index (χ2n) is 3.81. The van der Waals surface area contributed by atoms with E-state index in [0.29, 0.717) is 6.54 Å². The minimum Gasteiger partial charge on any atom is -0.388 e. The summed E-state index contributed by atoms with van der Waals surface area (Å²) >= 11 is 0. The first-order valence-electron chi connectivity index (χ1n) is 4.33. The molecule has 1 aromatic rings. The fraction of sp³-hybridized carbons (Fsp3) is 0.667. The Bertz CT molecular complexity index is 299. The molecule has 0 aliphatic heterocycles. The van der Waals surface area contributed by atoms with Gasteiger partial charge in [0, 0.05) is 5.69 Å². The van der Waals surface area contributed by atoms with Gasteiger partial charge in [0.1, 0.15) is 0 Å². The highest BCUT2D eigenvalue weighted by Crippen LogP contribution is 2.36. The van der Waals surface area contributed by atoms with Gasteiger partial charge in [-0.25, -0.2) is 0 Å². The van der Waals surface area contributed by atoms with Crippen LogP contribution in [0.3, 0.4) is 0 Å². The third kappa shape index (κ3) is 1.37. The van der Waals surface area contributed by atoms with E-state index in [4.69, 9.17) is 0 Å². The molecule has 0 radical (unpaired) electrons. The Balaban J connectivity index is 2.17. The molecule has 0 spiro atoms. The lowest BCUT2D eigenvalue weighted by molar-refractivity contribution is 0.124. The number of hydrogen-bond donors (Lipinski definition) is 1. The van der Waals surface area contributed by atoms with E-state index in [0.717, 1.165) is 24.2 Å². The number of nitrogens with zero attached hydrogens (tertiary/aromatic N) is 2. The topological polar surface area (TPSA) is 38.0 Å². The highest BCUT2D eigenvalue weighted by atomic mass is 16.3. The largest absolute Gasteiger partial charge is 0.388 e. The maximum atomic E-state index is 9.66. The van der Waals surface area contributed by atoms with Gasteiger partial charge in [-0.3, -0.25) is 4.68 Å². The standard InChI is InChI=1S/C9H14N2O/c1-7-5-8(2)11(10-7)6-9(12)3-4-9/h5,12H,3-4,6H2,1-2H3. The van der Waals surface area contributed by atoms with Crippen molar-refractivity contribution in [2.75, 3.05) is 0 Å². The second-order valence-corrected chi connectivity index (χ2v) is 3.81. The van der Waals surface area contributed by atoms with Gasteiger partial charge in [0.25, 0.3) is 0 Å². The summed E-state index contributed by atoms with van der Waals surface area (Å²) < 4.78 is 1.89. The summed E-state index contributed by atoms with van der Waals surface area (Å²) in [5.41, 5.74) is 1.72. The lowest BCUT2D eigenvalue weighted by Crippen LogP contribution is -2.18. The summed E-state index contributed by atoms with van der Waals surface area (Å²) in [7, 11) is 0. The molecular weight excluding hydrogens is 152 g/mol. The van der Waals surface area contributed by atoms with Crippen LogP contribution in [-0.4, -0.2) is 20.5 Å². The first-order chi connectivity index (χ1) is 5.59. The first-order valence-corrected chi connectivity index (χ1v) is 4.33. The molecule has 0 saturated heterocycles. The van der Waals surface area contributed by atoms with Crippen molar-refractivity contribution in [3.63, 3.8) is 0 Å². The minimum absolute atomic E-state index is 0.441. The maximum Gasteiger partial charge on any atom is 0.0845 e. The fourth-order valence-corrected chi connectivity index (χ4v) is 1.42. The molecule has 1 aromatic heterocycles. The van der Waals surface area contributed by atoms with Gasteiger partial charge < -0.3 is 5.11 Å². The van der Waals surface area contributed by atoms with Crippen LogP contribution in [-0.2, 0) is 6.54 Å². The highest BCUT2D eigenvalue weighted by Gasteiger charge is 2.41. The summed E-state index contributed by atoms with van der Waals surface area (Å²) in [6.07, 6.45) is 1.84. The lowest BCUT2D eigenvalue weighted by Gasteiger charge is -2.08. The fourth-order valence-electron chi connectivity index (χ4n) is 1.42. The molecule has 0 bridgehead atoms. The predicted molar refractivity (Wildman–Crippen MR) is 45.9 cm³/mol. The van der Waals surface area contributed by atoms with Crippen LogP contribution in [0.25, 0.3) is 0 Å². The van der Waals surface area contributed by atoms with Crippen molar-refractivity contribution in [1.82, 2.24) is 9.78 Å². The van der Waals surface area contributed by atoms with Gasteiger partial charge in [-0.05, 0) is 32.8 Å². The Kier molecular flexibility index (Phi) is 1.51. The van der Waals surface area contributed by atoms with Crippen molar-refractivity contribution in [2.24, 2.45) is 0 Å². The maximum absolute atomic E-state index is 9.66. The van der Waals surface area contributed by atoms with Crippen LogP contribution < -0.4 is 0 Å². The Hall–Kier alpha value is -0.830. The summed E-state index contributed by atoms with van der Waals surface area (Å²) in [5.74, 6) is 0. The third-order valence-electron chi connectivity index (χ3n) is 2.37. The Morgan fingerprint density at radius 1 is 1.58 bits per heavy atom. The van der Waals surface area contributed by atoms with Gasteiger partial charge in [0.15, 0.2) is 0 Å². The van der Waals surface area contributed by atoms with Gasteiger partial charge in [0.2, 0.25) is 0 Å². The summed E-state index contributed by atoms with van der Waals surface area (Å²) in [6, 6.07) is 2.03. The van der Waals surface area contributed by atoms with Crippen LogP contribution in [0.5, 0.6) is 0 Å². The van der Waals surface area contributed by atoms with E-state index < -0.39 is 5.60 Å². The molecule has 0 amide bonds. The molecule has 3 heteroatoms. The van der Waals surface area contributed by atoms with Crippen molar-refractivity contribution < 1.29 is 5.11 Å². The Labute approximate surface area is 72.0 Å². The Morgan fingerprint density at radius 3 is 2.67 bits per heavy atom. The van der Waals surface area contributed by atoms with Gasteiger partial charge in [-0.2, -0.15) is 5.10 Å². The Morgan fingerprint density at radius 2 is 2.25 bits per heavy atom. The van der Waals surface area contributed by atoms with Crippen molar-refractivity contribution in [3.05, 3.63) is 17.5 Å². The first kappa shape index (κ1) is 7.80. The van der Waals surface area contributed by atoms with Crippen LogP contribution in [0.2, 0.25) is 0 Å². The molecule has 2 rings (SSSR count). The summed E-state index contributed by atoms with van der Waals surface area (Å²) in [4.78, 5) is 0. The SMILES string of the molecule is Cc1cc(C)n(CC2(O)CC2)n1. The quantitative estimate of drug-likeness (QED) is 0.712. The normalized spacial score (nSPS) is 19.6. The number of aliphatic hydroxyl groups is 1. The molecule has 66 valence electrons. The van der Waals surface area contributed by atoms with E-state index in [1.807, 2.05) is 24.6 Å². The van der Waals surface area contributed by atoms with Gasteiger partial charge in [-0.15, -0.1) is 0 Å². The molecule has 0 aromatic carbocycles. The number of hydrogen-bond acceptors (Lipinski definition) is 2. The zero-order valence-corrected chi connectivity index (χ0v) is 7.54. The number of aryl methyl sites for hydroxylation is 2. The smallest absolute Gasteiger partial charge is 0.0845 e. The average molecular weight is 166 g/mol. The summed E-state index contributed by atoms with van der Waals surface area (Å²) in [6.45, 7) is 4.65. The molecule has 0 unspecified atom stereocenters. The molecule has 1 heterocycles. The summed E-state index contributed by atoms with van der Waals surface area (Å²) in [5, 5.41) is 13.9. The molecule has 12 heavy (non-hydrogen) atoms. The van der Waals surface area contributed by atoms with E-state index in [1.165, 1.54) is 0 Å². The van der Waals surface area contributed by atoms with Crippen LogP contribution >= 0.6 is 0 Å². The van der Waals surface area contributed by atoms with Gasteiger partial charge >= 0.3 is 0 Å². The molecule has 1 aliphatic rings. The van der Waals surface area contributed by atoms with Crippen LogP contribution in [0.4, 0.5) is 0 Å². The van der Waals surface area contributed by atoms with Crippen molar-refractivity contribution >= 4 is 0 Å². The highest BCUT2D eigenvalue weighted by molar-refractivity contribution is 5.08. The van der Waals surface area contributed by atoms with Crippen molar-refractivity contribution in [1.29, 1.82) is 0 Å². The molecule has 1 N–H and O–H groups in total. The van der Waals surface area contributed by atoms with Crippen LogP contribution in [0.1, 0.15) is 24.2 Å². The lowest BCUT2D eigenvalue weighted by atomic mass is 10.3. The molecule has 1 fully saturated rings. The zero-order valence-electron chi connectivity index (χ0n) is 7.54. The van der Waals surface area contributed by atoms with E-state index in [-0.39, 0.29) is 0 Å². The second kappa shape index (κ2) is 2.33. The average Bonchev–Trinajstić information content (AvgIpc) is 2.58. The monoisotopic (exact) mass is 166 g/mol. The van der Waals surface area contributed by atoms with Crippen LogP contribution in [0, 0.1) is 13.8 Å². The van der Waals surface area contributed by atoms with Gasteiger partial charge in [-0.1, -0.05) is 0 Å². The number of aromatic nitrogens is 2. The number of rotatable bonds is 2. The van der Waals surface area contributed by atoms with E-state index in [9.17, 15) is 5.11 Å². The van der Waals surface area contributed by atoms with E-state index >= 15 is 0 Å². The zero-order chi connectivity index (χ0) is 8.77. The minimum atomic E-state index is -0.441. The van der Waals surface area contributed by atoms with E-state index in [1.54, 1.807) is 0 Å². The predicted octanol–water partition coefficient (Wildman–Crippen LogP) is 1.02. The third-order valence-corrected chi connectivity index (χ3v) is 2.37. The van der Waals surface area contributed by atoms with Crippen LogP contribution in [0.15, 0.2) is 6.07 Å². The van der Waals surface area contributed by atoms with Gasteiger partial charge in [0.05, 0.1) is 17.8 Å². The molecule has 1 saturated carbocycles. The van der Waals surface area contributed by atoms with Crippen molar-refractivity contribution in [3.8, 4) is 0 Å². The molecular formula is C9H14N2O. The molecule has 3 nitrogen and oxygen atoms in total. The molecule has 1 aliphatic carbocycles.